The Kier molecular flexibility index (Phi) is 6.98. The molecule has 0 bridgehead atoms. The normalized spacial score (nSPS) is 21.4. The lowest BCUT2D eigenvalue weighted by Crippen LogP contribution is -2.37. The molecule has 1 aliphatic rings. The van der Waals surface area contributed by atoms with Crippen LogP contribution < -0.4 is 5.32 Å². The van der Waals surface area contributed by atoms with Crippen molar-refractivity contribution in [3.8, 4) is 0 Å². The summed E-state index contributed by atoms with van der Waals surface area (Å²) in [7, 11) is 0. The summed E-state index contributed by atoms with van der Waals surface area (Å²) >= 11 is 0. The quantitative estimate of drug-likeness (QED) is 0.620. The summed E-state index contributed by atoms with van der Waals surface area (Å²) in [5.74, 6) is 0. The first-order valence-corrected chi connectivity index (χ1v) is 6.41. The Morgan fingerprint density at radius 1 is 1.33 bits per heavy atom. The molecule has 1 unspecified atom stereocenters. The third-order valence-electron chi connectivity index (χ3n) is 2.96. The van der Waals surface area contributed by atoms with E-state index in [0.29, 0.717) is 6.10 Å². The molecule has 1 saturated heterocycles. The smallest absolute Gasteiger partial charge is 0.0702 e. The summed E-state index contributed by atoms with van der Waals surface area (Å²) in [4.78, 5) is 2.48. The maximum Gasteiger partial charge on any atom is 0.0702 e. The molecule has 0 spiro atoms. The zero-order chi connectivity index (χ0) is 10.9. The van der Waals surface area contributed by atoms with Crippen LogP contribution in [-0.2, 0) is 4.74 Å². The van der Waals surface area contributed by atoms with Gasteiger partial charge in [0.15, 0.2) is 0 Å². The van der Waals surface area contributed by atoms with E-state index in [9.17, 15) is 0 Å². The SMILES string of the molecule is CCCNCCN(CC)CC1CCCO1. The molecule has 15 heavy (non-hydrogen) atoms. The van der Waals surface area contributed by atoms with Gasteiger partial charge in [-0.25, -0.2) is 0 Å². The summed E-state index contributed by atoms with van der Waals surface area (Å²) < 4.78 is 5.65. The first-order valence-electron chi connectivity index (χ1n) is 6.41. The molecule has 0 aliphatic carbocycles. The molecule has 0 radical (unpaired) electrons. The van der Waals surface area contributed by atoms with Gasteiger partial charge in [0, 0.05) is 26.2 Å². The van der Waals surface area contributed by atoms with Gasteiger partial charge in [0.25, 0.3) is 0 Å². The summed E-state index contributed by atoms with van der Waals surface area (Å²) in [6.07, 6.45) is 4.21. The molecule has 0 aromatic heterocycles. The van der Waals surface area contributed by atoms with Gasteiger partial charge < -0.3 is 10.1 Å². The second-order valence-corrected chi connectivity index (χ2v) is 4.28. The topological polar surface area (TPSA) is 24.5 Å². The average Bonchev–Trinajstić information content (AvgIpc) is 2.75. The molecule has 1 heterocycles. The first-order chi connectivity index (χ1) is 7.36. The monoisotopic (exact) mass is 214 g/mol. The van der Waals surface area contributed by atoms with E-state index in [1.807, 2.05) is 0 Å². The second kappa shape index (κ2) is 8.08. The van der Waals surface area contributed by atoms with Gasteiger partial charge in [-0.3, -0.25) is 4.90 Å². The number of nitrogens with zero attached hydrogens (tertiary/aromatic N) is 1. The van der Waals surface area contributed by atoms with Crippen molar-refractivity contribution in [1.82, 2.24) is 10.2 Å². The molecule has 3 nitrogen and oxygen atoms in total. The first kappa shape index (κ1) is 12.9. The minimum absolute atomic E-state index is 0.496. The maximum absolute atomic E-state index is 5.65. The van der Waals surface area contributed by atoms with Gasteiger partial charge >= 0.3 is 0 Å². The molecular formula is C12H26N2O. The van der Waals surface area contributed by atoms with Crippen molar-refractivity contribution in [2.75, 3.05) is 39.3 Å². The average molecular weight is 214 g/mol. The van der Waals surface area contributed by atoms with Crippen molar-refractivity contribution < 1.29 is 4.74 Å². The molecule has 0 aromatic rings. The highest BCUT2D eigenvalue weighted by molar-refractivity contribution is 4.70. The second-order valence-electron chi connectivity index (χ2n) is 4.28. The number of hydrogen-bond acceptors (Lipinski definition) is 3. The van der Waals surface area contributed by atoms with Crippen LogP contribution in [0, 0.1) is 0 Å². The van der Waals surface area contributed by atoms with Gasteiger partial charge in [-0.15, -0.1) is 0 Å². The van der Waals surface area contributed by atoms with Gasteiger partial charge in [0.2, 0.25) is 0 Å². The predicted octanol–water partition coefficient (Wildman–Crippen LogP) is 1.49. The van der Waals surface area contributed by atoms with Gasteiger partial charge in [0.1, 0.15) is 0 Å². The Morgan fingerprint density at radius 2 is 2.20 bits per heavy atom. The molecular weight excluding hydrogens is 188 g/mol. The fraction of sp³-hybridized carbons (Fsp3) is 1.00. The summed E-state index contributed by atoms with van der Waals surface area (Å²) in [6.45, 7) is 11.0. The fourth-order valence-corrected chi connectivity index (χ4v) is 1.99. The van der Waals surface area contributed by atoms with Crippen molar-refractivity contribution in [2.45, 2.75) is 39.2 Å². The maximum atomic E-state index is 5.65. The highest BCUT2D eigenvalue weighted by Crippen LogP contribution is 2.12. The Bertz CT molecular complexity index is 147. The molecule has 1 aliphatic heterocycles. The third kappa shape index (κ3) is 5.50. The van der Waals surface area contributed by atoms with Crippen molar-refractivity contribution in [1.29, 1.82) is 0 Å². The van der Waals surface area contributed by atoms with E-state index < -0.39 is 0 Å². The van der Waals surface area contributed by atoms with Crippen molar-refractivity contribution in [3.63, 3.8) is 0 Å². The third-order valence-corrected chi connectivity index (χ3v) is 2.96. The largest absolute Gasteiger partial charge is 0.377 e. The Labute approximate surface area is 94.2 Å². The zero-order valence-corrected chi connectivity index (χ0v) is 10.3. The minimum atomic E-state index is 0.496. The molecule has 1 N–H and O–H groups in total. The number of ether oxygens (including phenoxy) is 1. The van der Waals surface area contributed by atoms with E-state index in [1.54, 1.807) is 0 Å². The van der Waals surface area contributed by atoms with Gasteiger partial charge in [-0.2, -0.15) is 0 Å². The van der Waals surface area contributed by atoms with Crippen LogP contribution in [0.1, 0.15) is 33.1 Å². The van der Waals surface area contributed by atoms with Crippen LogP contribution in [0.5, 0.6) is 0 Å². The van der Waals surface area contributed by atoms with Gasteiger partial charge in [-0.1, -0.05) is 13.8 Å². The van der Waals surface area contributed by atoms with Crippen LogP contribution in [0.2, 0.25) is 0 Å². The van der Waals surface area contributed by atoms with E-state index in [0.717, 1.165) is 39.3 Å². The minimum Gasteiger partial charge on any atom is -0.377 e. The zero-order valence-electron chi connectivity index (χ0n) is 10.3. The van der Waals surface area contributed by atoms with E-state index >= 15 is 0 Å². The lowest BCUT2D eigenvalue weighted by atomic mass is 10.2. The van der Waals surface area contributed by atoms with Crippen LogP contribution in [0.15, 0.2) is 0 Å². The standard InChI is InChI=1S/C12H26N2O/c1-3-7-13-8-9-14(4-2)11-12-6-5-10-15-12/h12-13H,3-11H2,1-2H3. The van der Waals surface area contributed by atoms with Crippen LogP contribution in [0.25, 0.3) is 0 Å². The Hall–Kier alpha value is -0.120. The summed E-state index contributed by atoms with van der Waals surface area (Å²) in [5.41, 5.74) is 0. The lowest BCUT2D eigenvalue weighted by molar-refractivity contribution is 0.0751. The molecule has 0 saturated carbocycles. The van der Waals surface area contributed by atoms with Crippen LogP contribution in [-0.4, -0.2) is 50.3 Å². The summed E-state index contributed by atoms with van der Waals surface area (Å²) in [6, 6.07) is 0. The molecule has 1 atom stereocenters. The number of hydrogen-bond donors (Lipinski definition) is 1. The highest BCUT2D eigenvalue weighted by Gasteiger charge is 2.17. The molecule has 1 rings (SSSR count). The van der Waals surface area contributed by atoms with Crippen molar-refractivity contribution >= 4 is 0 Å². The number of likely N-dealkylation sites (N-methyl/N-ethyl adjacent to an activating group) is 1. The molecule has 90 valence electrons. The van der Waals surface area contributed by atoms with Crippen LogP contribution in [0.4, 0.5) is 0 Å². The van der Waals surface area contributed by atoms with E-state index in [2.05, 4.69) is 24.1 Å². The predicted molar refractivity (Wildman–Crippen MR) is 64.2 cm³/mol. The molecule has 0 amide bonds. The number of rotatable bonds is 8. The van der Waals surface area contributed by atoms with Crippen molar-refractivity contribution in [3.05, 3.63) is 0 Å². The molecule has 3 heteroatoms. The van der Waals surface area contributed by atoms with Gasteiger partial charge in [0.05, 0.1) is 6.10 Å². The lowest BCUT2D eigenvalue weighted by Gasteiger charge is -2.23. The van der Waals surface area contributed by atoms with Crippen molar-refractivity contribution in [2.24, 2.45) is 0 Å². The van der Waals surface area contributed by atoms with E-state index in [-0.39, 0.29) is 0 Å². The van der Waals surface area contributed by atoms with Crippen LogP contribution in [0.3, 0.4) is 0 Å². The fourth-order valence-electron chi connectivity index (χ4n) is 1.99. The Balaban J connectivity index is 2.06. The molecule has 1 fully saturated rings. The highest BCUT2D eigenvalue weighted by atomic mass is 16.5. The number of nitrogens with one attached hydrogen (secondary N) is 1. The van der Waals surface area contributed by atoms with E-state index in [4.69, 9.17) is 4.74 Å². The Morgan fingerprint density at radius 3 is 2.80 bits per heavy atom. The molecule has 0 aromatic carbocycles. The van der Waals surface area contributed by atoms with Crippen LogP contribution >= 0.6 is 0 Å². The summed E-state index contributed by atoms with van der Waals surface area (Å²) in [5, 5.41) is 3.44. The van der Waals surface area contributed by atoms with Gasteiger partial charge in [-0.05, 0) is 32.4 Å². The van der Waals surface area contributed by atoms with E-state index in [1.165, 1.54) is 19.3 Å².